The summed E-state index contributed by atoms with van der Waals surface area (Å²) in [5.74, 6) is 0. The minimum Gasteiger partial charge on any atom is -0.395 e. The number of benzene rings is 1. The van der Waals surface area contributed by atoms with Gasteiger partial charge in [-0.05, 0) is 29.5 Å². The molecule has 0 atom stereocenters. The van der Waals surface area contributed by atoms with Crippen molar-refractivity contribution in [2.45, 2.75) is 27.2 Å². The van der Waals surface area contributed by atoms with E-state index in [9.17, 15) is 0 Å². The molecule has 102 valence electrons. The summed E-state index contributed by atoms with van der Waals surface area (Å²) in [6.45, 7) is 7.41. The number of aromatic nitrogens is 1. The van der Waals surface area contributed by atoms with Crippen LogP contribution in [-0.4, -0.2) is 23.2 Å². The molecule has 3 heteroatoms. The van der Waals surface area contributed by atoms with Crippen LogP contribution in [0.3, 0.4) is 0 Å². The van der Waals surface area contributed by atoms with Gasteiger partial charge in [0.1, 0.15) is 0 Å². The van der Waals surface area contributed by atoms with Crippen molar-refractivity contribution < 1.29 is 5.11 Å². The Bertz CT molecular complexity index is 558. The summed E-state index contributed by atoms with van der Waals surface area (Å²) < 4.78 is 0. The maximum Gasteiger partial charge on any atom is 0.0725 e. The van der Waals surface area contributed by atoms with Gasteiger partial charge in [-0.1, -0.05) is 32.9 Å². The van der Waals surface area contributed by atoms with Crippen LogP contribution in [0.25, 0.3) is 10.9 Å². The molecule has 2 N–H and O–H groups in total. The largest absolute Gasteiger partial charge is 0.395 e. The zero-order chi connectivity index (χ0) is 13.9. The van der Waals surface area contributed by atoms with Gasteiger partial charge in [-0.25, -0.2) is 0 Å². The molecule has 0 unspecified atom stereocenters. The Hall–Kier alpha value is -1.61. The van der Waals surface area contributed by atoms with Gasteiger partial charge in [-0.2, -0.15) is 0 Å². The minimum atomic E-state index is 0.131. The Labute approximate surface area is 114 Å². The lowest BCUT2D eigenvalue weighted by atomic mass is 9.88. The van der Waals surface area contributed by atoms with Crippen molar-refractivity contribution in [2.24, 2.45) is 5.41 Å². The van der Waals surface area contributed by atoms with Crippen molar-refractivity contribution in [1.29, 1.82) is 0 Å². The number of hydrogen-bond donors (Lipinski definition) is 2. The number of hydrogen-bond acceptors (Lipinski definition) is 3. The molecule has 0 spiro atoms. The van der Waals surface area contributed by atoms with Gasteiger partial charge in [-0.3, -0.25) is 4.98 Å². The van der Waals surface area contributed by atoms with E-state index in [0.29, 0.717) is 6.54 Å². The molecule has 0 bridgehead atoms. The molecule has 0 aliphatic carbocycles. The first kappa shape index (κ1) is 13.8. The van der Waals surface area contributed by atoms with Gasteiger partial charge in [0.2, 0.25) is 0 Å². The van der Waals surface area contributed by atoms with Crippen LogP contribution < -0.4 is 5.32 Å². The van der Waals surface area contributed by atoms with Gasteiger partial charge in [0.25, 0.3) is 0 Å². The van der Waals surface area contributed by atoms with Crippen molar-refractivity contribution in [3.63, 3.8) is 0 Å². The van der Waals surface area contributed by atoms with Gasteiger partial charge in [0.05, 0.1) is 12.1 Å². The molecule has 1 heterocycles. The fourth-order valence-electron chi connectivity index (χ4n) is 2.26. The first-order valence-corrected chi connectivity index (χ1v) is 6.72. The van der Waals surface area contributed by atoms with E-state index < -0.39 is 0 Å². The number of nitrogens with one attached hydrogen (secondary N) is 1. The first-order chi connectivity index (χ1) is 8.99. The maximum absolute atomic E-state index is 8.89. The van der Waals surface area contributed by atoms with Crippen LogP contribution in [-0.2, 0) is 6.42 Å². The molecular formula is C16H22N2O. The smallest absolute Gasteiger partial charge is 0.0725 e. The number of aliphatic hydroxyl groups excluding tert-OH is 1. The summed E-state index contributed by atoms with van der Waals surface area (Å²) in [7, 11) is 0. The Balaban J connectivity index is 2.34. The predicted molar refractivity (Wildman–Crippen MR) is 80.5 cm³/mol. The first-order valence-electron chi connectivity index (χ1n) is 6.72. The van der Waals surface area contributed by atoms with Crippen molar-refractivity contribution in [2.75, 3.05) is 18.5 Å². The Kier molecular flexibility index (Phi) is 4.05. The third-order valence-corrected chi connectivity index (χ3v) is 2.97. The molecule has 2 aromatic rings. The standard InChI is InChI=1S/C16H22N2O/c1-16(2,3)11-12-4-5-13-14(18-8-9-19)6-7-17-15(13)10-12/h4-7,10,19H,8-9,11H2,1-3H3,(H,17,18). The molecule has 0 aliphatic heterocycles. The lowest BCUT2D eigenvalue weighted by molar-refractivity contribution is 0.311. The highest BCUT2D eigenvalue weighted by atomic mass is 16.3. The lowest BCUT2D eigenvalue weighted by Crippen LogP contribution is -2.09. The van der Waals surface area contributed by atoms with Crippen LogP contribution in [0.1, 0.15) is 26.3 Å². The van der Waals surface area contributed by atoms with Crippen LogP contribution >= 0.6 is 0 Å². The number of aliphatic hydroxyl groups is 1. The molecule has 1 aromatic carbocycles. The molecule has 0 saturated heterocycles. The van der Waals surface area contributed by atoms with Gasteiger partial charge in [0, 0.05) is 23.8 Å². The molecule has 0 saturated carbocycles. The van der Waals surface area contributed by atoms with Crippen LogP contribution in [0.4, 0.5) is 5.69 Å². The third kappa shape index (κ3) is 3.67. The minimum absolute atomic E-state index is 0.131. The number of anilines is 1. The number of nitrogens with zero attached hydrogens (tertiary/aromatic N) is 1. The van der Waals surface area contributed by atoms with E-state index in [2.05, 4.69) is 49.3 Å². The van der Waals surface area contributed by atoms with Gasteiger partial charge in [0.15, 0.2) is 0 Å². The van der Waals surface area contributed by atoms with Crippen molar-refractivity contribution in [3.05, 3.63) is 36.0 Å². The van der Waals surface area contributed by atoms with Crippen LogP contribution in [0.15, 0.2) is 30.5 Å². The molecule has 0 radical (unpaired) electrons. The average molecular weight is 258 g/mol. The van der Waals surface area contributed by atoms with E-state index >= 15 is 0 Å². The lowest BCUT2D eigenvalue weighted by Gasteiger charge is -2.18. The van der Waals surface area contributed by atoms with Crippen LogP contribution in [0.2, 0.25) is 0 Å². The SMILES string of the molecule is CC(C)(C)Cc1ccc2c(NCCO)ccnc2c1. The summed E-state index contributed by atoms with van der Waals surface area (Å²) in [6.07, 6.45) is 2.85. The third-order valence-electron chi connectivity index (χ3n) is 2.97. The highest BCUT2D eigenvalue weighted by Gasteiger charge is 2.12. The molecule has 2 rings (SSSR count). The second-order valence-corrected chi connectivity index (χ2v) is 6.10. The fourth-order valence-corrected chi connectivity index (χ4v) is 2.26. The Morgan fingerprint density at radius 2 is 2.00 bits per heavy atom. The summed E-state index contributed by atoms with van der Waals surface area (Å²) in [5, 5.41) is 13.2. The van der Waals surface area contributed by atoms with E-state index in [1.165, 1.54) is 5.56 Å². The van der Waals surface area contributed by atoms with E-state index in [-0.39, 0.29) is 12.0 Å². The van der Waals surface area contributed by atoms with E-state index in [0.717, 1.165) is 23.0 Å². The monoisotopic (exact) mass is 258 g/mol. The fraction of sp³-hybridized carbons (Fsp3) is 0.438. The second-order valence-electron chi connectivity index (χ2n) is 6.10. The van der Waals surface area contributed by atoms with Crippen LogP contribution in [0.5, 0.6) is 0 Å². The molecule has 1 aromatic heterocycles. The normalized spacial score (nSPS) is 11.8. The van der Waals surface area contributed by atoms with Gasteiger partial charge >= 0.3 is 0 Å². The average Bonchev–Trinajstić information content (AvgIpc) is 2.34. The quantitative estimate of drug-likeness (QED) is 0.885. The number of rotatable bonds is 4. The van der Waals surface area contributed by atoms with E-state index in [1.54, 1.807) is 0 Å². The van der Waals surface area contributed by atoms with Gasteiger partial charge < -0.3 is 10.4 Å². The summed E-state index contributed by atoms with van der Waals surface area (Å²) in [6, 6.07) is 8.38. The van der Waals surface area contributed by atoms with E-state index in [1.807, 2.05) is 12.3 Å². The van der Waals surface area contributed by atoms with Crippen molar-refractivity contribution in [1.82, 2.24) is 4.98 Å². The summed E-state index contributed by atoms with van der Waals surface area (Å²) in [5.41, 5.74) is 3.62. The van der Waals surface area contributed by atoms with Crippen LogP contribution in [0, 0.1) is 5.41 Å². The summed E-state index contributed by atoms with van der Waals surface area (Å²) in [4.78, 5) is 4.44. The van der Waals surface area contributed by atoms with Crippen molar-refractivity contribution >= 4 is 16.6 Å². The maximum atomic E-state index is 8.89. The highest BCUT2D eigenvalue weighted by Crippen LogP contribution is 2.26. The Morgan fingerprint density at radius 3 is 2.68 bits per heavy atom. The molecule has 19 heavy (non-hydrogen) atoms. The number of pyridine rings is 1. The molecular weight excluding hydrogens is 236 g/mol. The number of fused-ring (bicyclic) bond motifs is 1. The molecule has 3 nitrogen and oxygen atoms in total. The second kappa shape index (κ2) is 5.57. The Morgan fingerprint density at radius 1 is 1.21 bits per heavy atom. The van der Waals surface area contributed by atoms with E-state index in [4.69, 9.17) is 5.11 Å². The zero-order valence-corrected chi connectivity index (χ0v) is 11.9. The van der Waals surface area contributed by atoms with Crippen molar-refractivity contribution in [3.8, 4) is 0 Å². The zero-order valence-electron chi connectivity index (χ0n) is 11.9. The summed E-state index contributed by atoms with van der Waals surface area (Å²) >= 11 is 0. The topological polar surface area (TPSA) is 45.1 Å². The highest BCUT2D eigenvalue weighted by molar-refractivity contribution is 5.91. The predicted octanol–water partition coefficient (Wildman–Crippen LogP) is 3.23. The molecule has 0 aliphatic rings. The molecule has 0 fully saturated rings. The molecule has 0 amide bonds. The van der Waals surface area contributed by atoms with Gasteiger partial charge in [-0.15, -0.1) is 0 Å².